The van der Waals surface area contributed by atoms with Gasteiger partial charge in [0.2, 0.25) is 5.91 Å². The first-order chi connectivity index (χ1) is 9.99. The minimum absolute atomic E-state index is 0.261. The van der Waals surface area contributed by atoms with Gasteiger partial charge in [0.15, 0.2) is 0 Å². The van der Waals surface area contributed by atoms with Crippen LogP contribution < -0.4 is 5.32 Å². The highest BCUT2D eigenvalue weighted by Gasteiger charge is 2.30. The minimum Gasteiger partial charge on any atom is -0.325 e. The number of anilines is 1. The molecule has 1 unspecified atom stereocenters. The third kappa shape index (κ3) is 2.16. The summed E-state index contributed by atoms with van der Waals surface area (Å²) in [6, 6.07) is 4.97. The van der Waals surface area contributed by atoms with Crippen molar-refractivity contribution >= 4 is 11.6 Å². The molecule has 3 rings (SSSR count). The third-order valence-electron chi connectivity index (χ3n) is 3.55. The van der Waals surface area contributed by atoms with Crippen molar-refractivity contribution in [3.63, 3.8) is 0 Å². The molecule has 0 saturated heterocycles. The van der Waals surface area contributed by atoms with Crippen LogP contribution in [0.25, 0.3) is 11.1 Å². The molecule has 0 spiro atoms. The monoisotopic (exact) mass is 289 g/mol. The number of aromatic nitrogens is 2. The van der Waals surface area contributed by atoms with Crippen LogP contribution >= 0.6 is 0 Å². The highest BCUT2D eigenvalue weighted by atomic mass is 19.3. The van der Waals surface area contributed by atoms with Gasteiger partial charge in [-0.1, -0.05) is 6.07 Å². The highest BCUT2D eigenvalue weighted by molar-refractivity contribution is 6.03. The molecule has 108 valence electrons. The summed E-state index contributed by atoms with van der Waals surface area (Å²) in [6.07, 6.45) is -1.17. The predicted octanol–water partition coefficient (Wildman–Crippen LogP) is 3.45. The van der Waals surface area contributed by atoms with Crippen LogP contribution in [0.15, 0.2) is 24.4 Å². The van der Waals surface area contributed by atoms with E-state index in [1.807, 2.05) is 0 Å². The lowest BCUT2D eigenvalue weighted by Gasteiger charge is -2.14. The van der Waals surface area contributed by atoms with Crippen LogP contribution in [-0.4, -0.2) is 15.9 Å². The molecule has 0 aromatic carbocycles. The van der Waals surface area contributed by atoms with Crippen molar-refractivity contribution in [1.82, 2.24) is 9.97 Å². The molecule has 2 aromatic heterocycles. The van der Waals surface area contributed by atoms with Crippen molar-refractivity contribution in [3.05, 3.63) is 41.5 Å². The first-order valence-electron chi connectivity index (χ1n) is 6.55. The van der Waals surface area contributed by atoms with Crippen LogP contribution in [0, 0.1) is 6.92 Å². The van der Waals surface area contributed by atoms with Crippen LogP contribution in [0.5, 0.6) is 0 Å². The molecule has 1 aliphatic heterocycles. The van der Waals surface area contributed by atoms with Crippen molar-refractivity contribution in [2.75, 3.05) is 5.32 Å². The van der Waals surface area contributed by atoms with Crippen LogP contribution in [0.3, 0.4) is 0 Å². The van der Waals surface area contributed by atoms with Gasteiger partial charge >= 0.3 is 0 Å². The van der Waals surface area contributed by atoms with Crippen LogP contribution in [0.1, 0.15) is 36.3 Å². The number of pyridine rings is 2. The molecule has 0 fully saturated rings. The summed E-state index contributed by atoms with van der Waals surface area (Å²) < 4.78 is 26.7. The van der Waals surface area contributed by atoms with Gasteiger partial charge in [-0.3, -0.25) is 14.8 Å². The number of nitrogens with zero attached hydrogens (tertiary/aromatic N) is 2. The molecule has 0 bridgehead atoms. The van der Waals surface area contributed by atoms with Gasteiger partial charge < -0.3 is 5.32 Å². The first kappa shape index (κ1) is 13.6. The van der Waals surface area contributed by atoms with E-state index in [1.165, 1.54) is 0 Å². The number of carbonyl (C=O) groups is 1. The molecule has 4 nitrogen and oxygen atoms in total. The second-order valence-corrected chi connectivity index (χ2v) is 5.02. The summed E-state index contributed by atoms with van der Waals surface area (Å²) in [5.41, 5.74) is 1.75. The number of hydrogen-bond donors (Lipinski definition) is 1. The zero-order chi connectivity index (χ0) is 15.1. The van der Waals surface area contributed by atoms with E-state index in [2.05, 4.69) is 15.3 Å². The predicted molar refractivity (Wildman–Crippen MR) is 74.2 cm³/mol. The lowest BCUT2D eigenvalue weighted by atomic mass is 9.96. The topological polar surface area (TPSA) is 54.9 Å². The number of hydrogen-bond acceptors (Lipinski definition) is 3. The Morgan fingerprint density at radius 1 is 1.38 bits per heavy atom. The van der Waals surface area contributed by atoms with Gasteiger partial charge in [-0.15, -0.1) is 0 Å². The molecule has 3 heterocycles. The van der Waals surface area contributed by atoms with Gasteiger partial charge in [0.05, 0.1) is 17.3 Å². The highest BCUT2D eigenvalue weighted by Crippen LogP contribution is 2.41. The van der Waals surface area contributed by atoms with E-state index in [1.54, 1.807) is 38.2 Å². The minimum atomic E-state index is -2.72. The second kappa shape index (κ2) is 4.87. The van der Waals surface area contributed by atoms with Gasteiger partial charge in [0.25, 0.3) is 6.43 Å². The molecule has 1 aliphatic rings. The lowest BCUT2D eigenvalue weighted by molar-refractivity contribution is -0.117. The number of alkyl halides is 2. The molecule has 6 heteroatoms. The van der Waals surface area contributed by atoms with Crippen molar-refractivity contribution < 1.29 is 13.6 Å². The normalized spacial score (nSPS) is 17.0. The fourth-order valence-electron chi connectivity index (χ4n) is 2.58. The zero-order valence-electron chi connectivity index (χ0n) is 11.5. The quantitative estimate of drug-likeness (QED) is 0.875. The van der Waals surface area contributed by atoms with Gasteiger partial charge in [0.1, 0.15) is 5.69 Å². The summed E-state index contributed by atoms with van der Waals surface area (Å²) in [5, 5.41) is 2.70. The molecule has 1 atom stereocenters. The van der Waals surface area contributed by atoms with Gasteiger partial charge in [-0.25, -0.2) is 8.78 Å². The Kier molecular flexibility index (Phi) is 3.16. The molecule has 1 N–H and O–H groups in total. The van der Waals surface area contributed by atoms with E-state index >= 15 is 0 Å². The largest absolute Gasteiger partial charge is 0.325 e. The Balaban J connectivity index is 2.39. The average molecular weight is 289 g/mol. The number of rotatable bonds is 1. The Morgan fingerprint density at radius 3 is 2.86 bits per heavy atom. The number of fused-ring (bicyclic) bond motifs is 3. The second-order valence-electron chi connectivity index (χ2n) is 5.02. The van der Waals surface area contributed by atoms with E-state index in [-0.39, 0.29) is 17.2 Å². The molecule has 0 radical (unpaired) electrons. The number of halogens is 2. The Bertz CT molecular complexity index is 731. The smallest absolute Gasteiger partial charge is 0.281 e. The van der Waals surface area contributed by atoms with Crippen molar-refractivity contribution in [3.8, 4) is 11.1 Å². The van der Waals surface area contributed by atoms with Gasteiger partial charge in [-0.05, 0) is 26.0 Å². The SMILES string of the molecule is Cc1cc2c(c(C(F)F)n1)-c1cccnc1C(C)C(=O)N2. The number of nitrogens with one attached hydrogen (secondary N) is 1. The standard InChI is InChI=1S/C15H13F2N3O/c1-7-6-10-11(13(19-7)14(16)17)9-4-3-5-18-12(9)8(2)15(21)20-10/h3-6,8,14H,1-2H3,(H,20,21). The summed E-state index contributed by atoms with van der Waals surface area (Å²) in [5.74, 6) is -0.779. The molecular weight excluding hydrogens is 276 g/mol. The van der Waals surface area contributed by atoms with Crippen molar-refractivity contribution in [2.24, 2.45) is 0 Å². The van der Waals surface area contributed by atoms with E-state index < -0.39 is 12.3 Å². The maximum Gasteiger partial charge on any atom is 0.281 e. The van der Waals surface area contributed by atoms with Crippen molar-refractivity contribution in [1.29, 1.82) is 0 Å². The molecule has 21 heavy (non-hydrogen) atoms. The van der Waals surface area contributed by atoms with Gasteiger partial charge in [0, 0.05) is 23.0 Å². The average Bonchev–Trinajstić information content (AvgIpc) is 2.55. The summed E-state index contributed by atoms with van der Waals surface area (Å²) in [4.78, 5) is 20.3. The number of aryl methyl sites for hydroxylation is 1. The van der Waals surface area contributed by atoms with Crippen LogP contribution in [-0.2, 0) is 4.79 Å². The maximum atomic E-state index is 13.4. The fraction of sp³-hybridized carbons (Fsp3) is 0.267. The van der Waals surface area contributed by atoms with E-state index in [0.29, 0.717) is 22.6 Å². The van der Waals surface area contributed by atoms with E-state index in [9.17, 15) is 13.6 Å². The first-order valence-corrected chi connectivity index (χ1v) is 6.55. The molecule has 0 saturated carbocycles. The molecule has 2 aromatic rings. The third-order valence-corrected chi connectivity index (χ3v) is 3.55. The van der Waals surface area contributed by atoms with Gasteiger partial charge in [-0.2, -0.15) is 0 Å². The summed E-state index contributed by atoms with van der Waals surface area (Å²) in [7, 11) is 0. The number of carbonyl (C=O) groups excluding carboxylic acids is 1. The van der Waals surface area contributed by atoms with Crippen LogP contribution in [0.2, 0.25) is 0 Å². The van der Waals surface area contributed by atoms with E-state index in [0.717, 1.165) is 0 Å². The molecule has 1 amide bonds. The lowest BCUT2D eigenvalue weighted by Crippen LogP contribution is -2.18. The molecule has 0 aliphatic carbocycles. The zero-order valence-corrected chi connectivity index (χ0v) is 11.5. The van der Waals surface area contributed by atoms with Crippen molar-refractivity contribution in [2.45, 2.75) is 26.2 Å². The molecular formula is C15H13F2N3O. The summed E-state index contributed by atoms with van der Waals surface area (Å²) in [6.45, 7) is 3.33. The van der Waals surface area contributed by atoms with Crippen LogP contribution in [0.4, 0.5) is 14.5 Å². The van der Waals surface area contributed by atoms with E-state index in [4.69, 9.17) is 0 Å². The Labute approximate surface area is 120 Å². The Hall–Kier alpha value is -2.37. The maximum absolute atomic E-state index is 13.4. The number of amides is 1. The fourth-order valence-corrected chi connectivity index (χ4v) is 2.58. The Morgan fingerprint density at radius 2 is 2.14 bits per heavy atom. The summed E-state index contributed by atoms with van der Waals surface area (Å²) >= 11 is 0.